The van der Waals surface area contributed by atoms with Crippen molar-refractivity contribution in [1.82, 2.24) is 0 Å². The summed E-state index contributed by atoms with van der Waals surface area (Å²) in [5, 5.41) is 77.5. The molecule has 0 radical (unpaired) electrons. The van der Waals surface area contributed by atoms with Crippen LogP contribution in [0.25, 0.3) is 0 Å². The van der Waals surface area contributed by atoms with Crippen LogP contribution in [0, 0.1) is 50.2 Å². The predicted molar refractivity (Wildman–Crippen MR) is 163 cm³/mol. The van der Waals surface area contributed by atoms with Crippen LogP contribution in [0.1, 0.15) is 93.4 Å². The van der Waals surface area contributed by atoms with Gasteiger partial charge in [0.15, 0.2) is 6.29 Å². The first-order chi connectivity index (χ1) is 20.3. The largest absolute Gasteiger partial charge is 0.396 e. The van der Waals surface area contributed by atoms with Gasteiger partial charge in [0.25, 0.3) is 0 Å². The van der Waals surface area contributed by atoms with Crippen LogP contribution in [0.5, 0.6) is 0 Å². The molecule has 5 aliphatic carbocycles. The predicted octanol–water partition coefficient (Wildman–Crippen LogP) is 2.52. The molecule has 1 saturated heterocycles. The Morgan fingerprint density at radius 2 is 1.52 bits per heavy atom. The first-order valence-corrected chi connectivity index (χ1v) is 17.0. The fourth-order valence-corrected chi connectivity index (χ4v) is 12.1. The summed E-state index contributed by atoms with van der Waals surface area (Å²) in [6, 6.07) is 0. The minimum Gasteiger partial charge on any atom is -0.396 e. The van der Waals surface area contributed by atoms with Crippen molar-refractivity contribution in [2.75, 3.05) is 13.2 Å². The van der Waals surface area contributed by atoms with E-state index in [9.17, 15) is 35.7 Å². The smallest absolute Gasteiger partial charge is 0.186 e. The molecule has 0 amide bonds. The summed E-state index contributed by atoms with van der Waals surface area (Å²) in [7, 11) is 0. The third kappa shape index (κ3) is 4.16. The van der Waals surface area contributed by atoms with Gasteiger partial charge in [0.2, 0.25) is 0 Å². The highest BCUT2D eigenvalue weighted by molar-refractivity contribution is 5.36. The molecular weight excluding hydrogens is 564 g/mol. The van der Waals surface area contributed by atoms with E-state index in [-0.39, 0.29) is 40.3 Å². The van der Waals surface area contributed by atoms with Crippen LogP contribution in [0.15, 0.2) is 11.6 Å². The SMILES string of the molecule is CC1(C)C[C@H]2C3=CC[C@@H]4[C@@]5(C)CC[C@@H](O)C(C)(C)[C@@H]5CC[C@@]4(C)[C@]3(C)C[C@@H](O)[C@@]2(CO)[C@@H](O[C@H]2OC[C@H](O)[C@@H](O)[C@@H]2O)[C@@H]1O. The number of ether oxygens (including phenoxy) is 2. The van der Waals surface area contributed by atoms with Crippen LogP contribution in [0.2, 0.25) is 0 Å². The second-order valence-corrected chi connectivity index (χ2v) is 17.7. The third-order valence-corrected chi connectivity index (χ3v) is 15.1. The number of fused-ring (bicyclic) bond motifs is 7. The Balaban J connectivity index is 1.42. The lowest BCUT2D eigenvalue weighted by Crippen LogP contribution is -2.72. The molecule has 0 bridgehead atoms. The molecule has 6 rings (SSSR count). The van der Waals surface area contributed by atoms with Gasteiger partial charge in [-0.1, -0.05) is 60.1 Å². The van der Waals surface area contributed by atoms with Crippen molar-refractivity contribution in [3.8, 4) is 0 Å². The van der Waals surface area contributed by atoms with E-state index in [0.29, 0.717) is 24.7 Å². The molecule has 9 heteroatoms. The summed E-state index contributed by atoms with van der Waals surface area (Å²) in [4.78, 5) is 0. The first-order valence-electron chi connectivity index (χ1n) is 17.0. The lowest BCUT2D eigenvalue weighted by molar-refractivity contribution is -0.337. The van der Waals surface area contributed by atoms with Gasteiger partial charge in [-0.15, -0.1) is 0 Å². The molecule has 1 aliphatic heterocycles. The third-order valence-electron chi connectivity index (χ3n) is 15.1. The van der Waals surface area contributed by atoms with Crippen molar-refractivity contribution in [1.29, 1.82) is 0 Å². The maximum atomic E-state index is 12.3. The zero-order chi connectivity index (χ0) is 32.4. The van der Waals surface area contributed by atoms with Crippen molar-refractivity contribution in [2.45, 2.75) is 142 Å². The standard InChI is InChI=1S/C35H58O9/c1-30(2)14-19-18-8-9-22-32(5)12-11-23(38)31(3,4)21(32)10-13-33(22,6)34(18,7)15-24(39)35(19,17-36)28(27(30)42)44-29-26(41)25(40)20(37)16-43-29/h8,19-29,36-42H,9-17H2,1-7H3/t19-,20-,21-,22+,23+,24+,25+,26-,27-,28-,29+,32-,33+,34+,35-/m0/s1. The van der Waals surface area contributed by atoms with Gasteiger partial charge in [-0.3, -0.25) is 0 Å². The average molecular weight is 623 g/mol. The molecule has 1 heterocycles. The molecule has 0 aromatic carbocycles. The topological polar surface area (TPSA) is 160 Å². The van der Waals surface area contributed by atoms with Crippen LogP contribution >= 0.6 is 0 Å². The van der Waals surface area contributed by atoms with Gasteiger partial charge in [-0.25, -0.2) is 0 Å². The van der Waals surface area contributed by atoms with E-state index < -0.39 is 60.4 Å². The number of aliphatic hydroxyl groups is 7. The Morgan fingerprint density at radius 3 is 2.18 bits per heavy atom. The summed E-state index contributed by atoms with van der Waals surface area (Å²) in [5.74, 6) is 0.475. The molecule has 4 saturated carbocycles. The molecule has 5 fully saturated rings. The van der Waals surface area contributed by atoms with Gasteiger partial charge < -0.3 is 45.2 Å². The van der Waals surface area contributed by atoms with Crippen molar-refractivity contribution in [3.05, 3.63) is 11.6 Å². The Bertz CT molecular complexity index is 1160. The summed E-state index contributed by atoms with van der Waals surface area (Å²) in [5.41, 5.74) is -1.30. The molecule has 15 atom stereocenters. The van der Waals surface area contributed by atoms with Crippen molar-refractivity contribution >= 4 is 0 Å². The van der Waals surface area contributed by atoms with E-state index in [1.165, 1.54) is 5.57 Å². The van der Waals surface area contributed by atoms with Crippen LogP contribution < -0.4 is 0 Å². The Morgan fingerprint density at radius 1 is 0.841 bits per heavy atom. The quantitative estimate of drug-likeness (QED) is 0.235. The number of allylic oxidation sites excluding steroid dienone is 2. The Kier molecular flexibility index (Phi) is 7.90. The highest BCUT2D eigenvalue weighted by Crippen LogP contribution is 2.75. The summed E-state index contributed by atoms with van der Waals surface area (Å²) < 4.78 is 12.0. The van der Waals surface area contributed by atoms with E-state index in [1.807, 2.05) is 13.8 Å². The zero-order valence-corrected chi connectivity index (χ0v) is 27.7. The molecule has 44 heavy (non-hydrogen) atoms. The van der Waals surface area contributed by atoms with Gasteiger partial charge in [0.1, 0.15) is 18.3 Å². The van der Waals surface area contributed by atoms with Gasteiger partial charge in [0.05, 0.1) is 43.0 Å². The van der Waals surface area contributed by atoms with Gasteiger partial charge >= 0.3 is 0 Å². The summed E-state index contributed by atoms with van der Waals surface area (Å²) in [6.45, 7) is 14.9. The lowest BCUT2D eigenvalue weighted by atomic mass is 9.33. The second kappa shape index (κ2) is 10.4. The van der Waals surface area contributed by atoms with E-state index in [0.717, 1.165) is 32.1 Å². The second-order valence-electron chi connectivity index (χ2n) is 17.7. The van der Waals surface area contributed by atoms with Crippen molar-refractivity contribution in [2.24, 2.45) is 50.2 Å². The van der Waals surface area contributed by atoms with Crippen LogP contribution in [-0.2, 0) is 9.47 Å². The highest BCUT2D eigenvalue weighted by atomic mass is 16.7. The van der Waals surface area contributed by atoms with E-state index in [2.05, 4.69) is 40.7 Å². The zero-order valence-electron chi connectivity index (χ0n) is 27.7. The van der Waals surface area contributed by atoms with Crippen LogP contribution in [-0.4, -0.2) is 98.0 Å². The van der Waals surface area contributed by atoms with Crippen molar-refractivity contribution < 1.29 is 45.2 Å². The fourth-order valence-electron chi connectivity index (χ4n) is 12.1. The molecule has 0 unspecified atom stereocenters. The molecule has 9 nitrogen and oxygen atoms in total. The van der Waals surface area contributed by atoms with Gasteiger partial charge in [0, 0.05) is 0 Å². The first kappa shape index (κ1) is 33.3. The molecular formula is C35H58O9. The Hall–Kier alpha value is -0.620. The molecule has 6 aliphatic rings. The number of hydrogen-bond acceptors (Lipinski definition) is 9. The number of hydrogen-bond donors (Lipinski definition) is 7. The number of rotatable bonds is 3. The normalized spacial score (nSPS) is 56.4. The molecule has 0 aromatic heterocycles. The van der Waals surface area contributed by atoms with Crippen LogP contribution in [0.4, 0.5) is 0 Å². The Labute approximate surface area is 262 Å². The maximum absolute atomic E-state index is 12.3. The maximum Gasteiger partial charge on any atom is 0.186 e. The molecule has 0 aromatic rings. The summed E-state index contributed by atoms with van der Waals surface area (Å²) >= 11 is 0. The minimum absolute atomic E-state index is 0.0464. The average Bonchev–Trinajstić information content (AvgIpc) is 2.94. The molecule has 0 spiro atoms. The minimum atomic E-state index is -1.56. The summed E-state index contributed by atoms with van der Waals surface area (Å²) in [6.07, 6.45) is -1.16. The lowest BCUT2D eigenvalue weighted by Gasteiger charge is -2.72. The fraction of sp³-hybridized carbons (Fsp3) is 0.943. The monoisotopic (exact) mass is 622 g/mol. The van der Waals surface area contributed by atoms with E-state index in [1.54, 1.807) is 0 Å². The molecule has 7 N–H and O–H groups in total. The molecule has 252 valence electrons. The van der Waals surface area contributed by atoms with E-state index in [4.69, 9.17) is 9.47 Å². The van der Waals surface area contributed by atoms with Crippen molar-refractivity contribution in [3.63, 3.8) is 0 Å². The van der Waals surface area contributed by atoms with Gasteiger partial charge in [-0.05, 0) is 89.8 Å². The van der Waals surface area contributed by atoms with Crippen LogP contribution in [0.3, 0.4) is 0 Å². The number of aliphatic hydroxyl groups excluding tert-OH is 7. The van der Waals surface area contributed by atoms with E-state index >= 15 is 0 Å². The highest BCUT2D eigenvalue weighted by Gasteiger charge is 2.72. The van der Waals surface area contributed by atoms with Gasteiger partial charge in [-0.2, -0.15) is 0 Å².